The molecular weight excluding hydrogens is 353 g/mol. The number of alkyl halides is 1. The molecule has 6 heteroatoms. The molecule has 2 aromatic rings. The Balaban J connectivity index is 1.31. The number of likely N-dealkylation sites (tertiary alicyclic amines) is 1. The molecule has 1 aromatic heterocycles. The van der Waals surface area contributed by atoms with E-state index in [4.69, 9.17) is 0 Å². The van der Waals surface area contributed by atoms with E-state index in [1.165, 1.54) is 11.6 Å². The second-order valence-electron chi connectivity index (χ2n) is 8.23. The van der Waals surface area contributed by atoms with Crippen LogP contribution in [0.5, 0.6) is 0 Å². The Hall–Kier alpha value is -2.37. The lowest BCUT2D eigenvalue weighted by Gasteiger charge is -2.74. The summed E-state index contributed by atoms with van der Waals surface area (Å²) in [5.74, 6) is -3.20. The average molecular weight is 372 g/mol. The van der Waals surface area contributed by atoms with E-state index in [0.29, 0.717) is 18.5 Å². The molecular formula is C21H19F3N2O. The quantitative estimate of drug-likeness (QED) is 0.819. The topological polar surface area (TPSA) is 33.2 Å². The monoisotopic (exact) mass is 372 g/mol. The van der Waals surface area contributed by atoms with Gasteiger partial charge in [-0.3, -0.25) is 9.78 Å². The molecule has 1 saturated heterocycles. The van der Waals surface area contributed by atoms with Crippen molar-refractivity contribution < 1.29 is 18.0 Å². The number of piperidine rings is 1. The third-order valence-corrected chi connectivity index (χ3v) is 6.76. The first-order valence-electron chi connectivity index (χ1n) is 9.25. The number of rotatable bonds is 3. The molecule has 4 aliphatic rings. The fraction of sp³-hybridized carbons (Fsp3) is 0.429. The number of halogens is 3. The molecule has 0 N–H and O–H groups in total. The van der Waals surface area contributed by atoms with Gasteiger partial charge in [0.1, 0.15) is 0 Å². The Morgan fingerprint density at radius 2 is 1.74 bits per heavy atom. The fourth-order valence-electron chi connectivity index (χ4n) is 5.43. The number of hydrogen-bond acceptors (Lipinski definition) is 2. The highest BCUT2D eigenvalue weighted by Gasteiger charge is 2.72. The van der Waals surface area contributed by atoms with Crippen LogP contribution in [0, 0.1) is 11.6 Å². The van der Waals surface area contributed by atoms with E-state index in [1.807, 2.05) is 12.1 Å². The molecule has 2 bridgehead atoms. The van der Waals surface area contributed by atoms with Gasteiger partial charge in [-0.25, -0.2) is 13.2 Å². The van der Waals surface area contributed by atoms with Gasteiger partial charge in [0.15, 0.2) is 17.8 Å². The molecule has 2 atom stereocenters. The number of aromatic nitrogens is 1. The zero-order chi connectivity index (χ0) is 18.8. The molecule has 0 spiro atoms. The predicted octanol–water partition coefficient (Wildman–Crippen LogP) is 3.89. The van der Waals surface area contributed by atoms with Crippen LogP contribution >= 0.6 is 0 Å². The third-order valence-electron chi connectivity index (χ3n) is 6.76. The van der Waals surface area contributed by atoms with Crippen molar-refractivity contribution in [3.05, 3.63) is 65.5 Å². The first-order chi connectivity index (χ1) is 12.9. The highest BCUT2D eigenvalue weighted by Crippen LogP contribution is 2.70. The molecule has 3 saturated carbocycles. The molecule has 1 amide bonds. The summed E-state index contributed by atoms with van der Waals surface area (Å²) < 4.78 is 41.6. The summed E-state index contributed by atoms with van der Waals surface area (Å²) in [6.07, 6.45) is 4.84. The minimum absolute atomic E-state index is 0.103. The lowest BCUT2D eigenvalue weighted by molar-refractivity contribution is -0.194. The summed E-state index contributed by atoms with van der Waals surface area (Å²) in [6.45, 7) is 0.454. The van der Waals surface area contributed by atoms with Gasteiger partial charge in [-0.1, -0.05) is 6.07 Å². The highest BCUT2D eigenvalue weighted by atomic mass is 19.2. The first kappa shape index (κ1) is 16.8. The van der Waals surface area contributed by atoms with Gasteiger partial charge in [0.05, 0.1) is 0 Å². The normalized spacial score (nSPS) is 34.8. The number of pyridine rings is 1. The second kappa shape index (κ2) is 5.57. The SMILES string of the molecule is O=C1[C@H](F)[C@@H](c2ccc(F)c(F)c2)CCN1C12CC(c3ccncc3)(C1)C2. The van der Waals surface area contributed by atoms with Crippen LogP contribution in [-0.4, -0.2) is 34.0 Å². The Morgan fingerprint density at radius 1 is 1.04 bits per heavy atom. The molecule has 6 rings (SSSR count). The zero-order valence-electron chi connectivity index (χ0n) is 14.7. The number of nitrogens with zero attached hydrogens (tertiary/aromatic N) is 2. The summed E-state index contributed by atoms with van der Waals surface area (Å²) in [7, 11) is 0. The smallest absolute Gasteiger partial charge is 0.258 e. The Kier molecular flexibility index (Phi) is 3.46. The van der Waals surface area contributed by atoms with Crippen molar-refractivity contribution >= 4 is 5.91 Å². The average Bonchev–Trinajstić information content (AvgIpc) is 2.60. The number of benzene rings is 1. The summed E-state index contributed by atoms with van der Waals surface area (Å²) in [4.78, 5) is 18.5. The summed E-state index contributed by atoms with van der Waals surface area (Å²) in [5.41, 5.74) is 1.45. The summed E-state index contributed by atoms with van der Waals surface area (Å²) in [6, 6.07) is 7.40. The van der Waals surface area contributed by atoms with Crippen LogP contribution in [-0.2, 0) is 10.2 Å². The van der Waals surface area contributed by atoms with Crippen LogP contribution in [0.3, 0.4) is 0 Å². The van der Waals surface area contributed by atoms with E-state index in [2.05, 4.69) is 4.98 Å². The van der Waals surface area contributed by atoms with E-state index >= 15 is 0 Å². The van der Waals surface area contributed by atoms with Crippen molar-refractivity contribution in [2.45, 2.75) is 48.7 Å². The third kappa shape index (κ3) is 2.28. The predicted molar refractivity (Wildman–Crippen MR) is 92.8 cm³/mol. The van der Waals surface area contributed by atoms with Crippen LogP contribution in [0.2, 0.25) is 0 Å². The Morgan fingerprint density at radius 3 is 2.41 bits per heavy atom. The molecule has 0 unspecified atom stereocenters. The summed E-state index contributed by atoms with van der Waals surface area (Å²) in [5, 5.41) is 0. The van der Waals surface area contributed by atoms with E-state index in [1.54, 1.807) is 17.3 Å². The lowest BCUT2D eigenvalue weighted by Crippen LogP contribution is -2.78. The molecule has 27 heavy (non-hydrogen) atoms. The molecule has 3 nitrogen and oxygen atoms in total. The maximum atomic E-state index is 14.9. The van der Waals surface area contributed by atoms with Gasteiger partial charge in [-0.15, -0.1) is 0 Å². The van der Waals surface area contributed by atoms with Crippen molar-refractivity contribution in [1.29, 1.82) is 0 Å². The van der Waals surface area contributed by atoms with E-state index in [0.717, 1.165) is 31.4 Å². The van der Waals surface area contributed by atoms with Crippen molar-refractivity contribution in [2.24, 2.45) is 0 Å². The zero-order valence-corrected chi connectivity index (χ0v) is 14.7. The van der Waals surface area contributed by atoms with E-state index in [-0.39, 0.29) is 11.0 Å². The molecule has 4 fully saturated rings. The van der Waals surface area contributed by atoms with Gasteiger partial charge in [0, 0.05) is 35.8 Å². The Labute approximate surface area is 155 Å². The van der Waals surface area contributed by atoms with Gasteiger partial charge in [0.2, 0.25) is 0 Å². The molecule has 3 aliphatic carbocycles. The van der Waals surface area contributed by atoms with Crippen LogP contribution in [0.25, 0.3) is 0 Å². The highest BCUT2D eigenvalue weighted by molar-refractivity contribution is 5.84. The van der Waals surface area contributed by atoms with Gasteiger partial charge in [-0.05, 0) is 61.1 Å². The lowest BCUT2D eigenvalue weighted by atomic mass is 9.37. The molecule has 1 aromatic carbocycles. The van der Waals surface area contributed by atoms with E-state index in [9.17, 15) is 18.0 Å². The molecule has 1 aliphatic heterocycles. The molecule has 140 valence electrons. The van der Waals surface area contributed by atoms with Crippen molar-refractivity contribution in [1.82, 2.24) is 9.88 Å². The van der Waals surface area contributed by atoms with Crippen LogP contribution < -0.4 is 0 Å². The standard InChI is InChI=1S/C21H19F3N2O/c22-16-2-1-13(9-17(16)23)15-5-8-26(19(27)18(15)24)21-10-20(11-21,12-21)14-3-6-25-7-4-14/h1-4,6-7,9,15,18H,5,8,10-12H2/t15-,18-,20?,21?/m1/s1. The molecule has 2 heterocycles. The molecule has 0 radical (unpaired) electrons. The maximum absolute atomic E-state index is 14.9. The van der Waals surface area contributed by atoms with E-state index < -0.39 is 29.6 Å². The fourth-order valence-corrected chi connectivity index (χ4v) is 5.43. The van der Waals surface area contributed by atoms with Gasteiger partial charge in [0.25, 0.3) is 5.91 Å². The number of hydrogen-bond donors (Lipinski definition) is 0. The summed E-state index contributed by atoms with van der Waals surface area (Å²) >= 11 is 0. The van der Waals surface area contributed by atoms with Crippen molar-refractivity contribution in [2.75, 3.05) is 6.54 Å². The van der Waals surface area contributed by atoms with Crippen molar-refractivity contribution in [3.63, 3.8) is 0 Å². The minimum atomic E-state index is -1.71. The number of amides is 1. The number of carbonyl (C=O) groups is 1. The first-order valence-corrected chi connectivity index (χ1v) is 9.25. The van der Waals surface area contributed by atoms with Crippen LogP contribution in [0.15, 0.2) is 42.7 Å². The number of carbonyl (C=O) groups excluding carboxylic acids is 1. The van der Waals surface area contributed by atoms with Gasteiger partial charge >= 0.3 is 0 Å². The van der Waals surface area contributed by atoms with Crippen LogP contribution in [0.1, 0.15) is 42.7 Å². The largest absolute Gasteiger partial charge is 0.334 e. The van der Waals surface area contributed by atoms with Crippen LogP contribution in [0.4, 0.5) is 13.2 Å². The minimum Gasteiger partial charge on any atom is -0.334 e. The van der Waals surface area contributed by atoms with Gasteiger partial charge in [-0.2, -0.15) is 0 Å². The van der Waals surface area contributed by atoms with Gasteiger partial charge < -0.3 is 4.90 Å². The second-order valence-corrected chi connectivity index (χ2v) is 8.23. The maximum Gasteiger partial charge on any atom is 0.258 e. The Bertz CT molecular complexity index is 897. The van der Waals surface area contributed by atoms with Crippen molar-refractivity contribution in [3.8, 4) is 0 Å².